The maximum absolute atomic E-state index is 3.36. The molecule has 2 saturated carbocycles. The van der Waals surface area contributed by atoms with Crippen molar-refractivity contribution in [3.05, 3.63) is 82.9 Å². The second-order valence-corrected chi connectivity index (χ2v) is 11.6. The fourth-order valence-electron chi connectivity index (χ4n) is 6.51. The molecule has 0 aromatic heterocycles. The van der Waals surface area contributed by atoms with Crippen LogP contribution in [0.15, 0.2) is 60.7 Å². The summed E-state index contributed by atoms with van der Waals surface area (Å²) >= 11 is 0. The standard InChI is InChI=1S/C36H48/c1-3-5-6-10-30-15-23-35(24-16-30)36-27-19-32(20-28-36)12-8-7-11-31-17-25-34(26-18-31)33-21-13-29(9-4-2)14-22-33/h7,11,13-14,19-22,27-28,30-31,34-35H,3-6,9-10,15-18,23-26H2,1-2H3/t30-,31-,34-,35-. The molecule has 0 heterocycles. The lowest BCUT2D eigenvalue weighted by Gasteiger charge is -2.29. The van der Waals surface area contributed by atoms with E-state index in [1.807, 2.05) is 0 Å². The Labute approximate surface area is 222 Å². The topological polar surface area (TPSA) is 0 Å². The highest BCUT2D eigenvalue weighted by molar-refractivity contribution is 5.39. The van der Waals surface area contributed by atoms with Crippen molar-refractivity contribution < 1.29 is 0 Å². The van der Waals surface area contributed by atoms with E-state index in [2.05, 4.69) is 86.4 Å². The SMILES string of the molecule is CCCCC[C@H]1CC[C@H](c2ccc(C#CC=C[C@H]3CC[C@H](c4ccc(CCC)cc4)CC3)cc2)CC1. The zero-order valence-corrected chi connectivity index (χ0v) is 23.0. The van der Waals surface area contributed by atoms with Gasteiger partial charge >= 0.3 is 0 Å². The van der Waals surface area contributed by atoms with Gasteiger partial charge in [-0.2, -0.15) is 0 Å². The predicted molar refractivity (Wildman–Crippen MR) is 156 cm³/mol. The molecule has 192 valence electrons. The molecule has 0 bridgehead atoms. The molecule has 2 aromatic rings. The van der Waals surface area contributed by atoms with E-state index < -0.39 is 0 Å². The summed E-state index contributed by atoms with van der Waals surface area (Å²) in [5, 5.41) is 0. The highest BCUT2D eigenvalue weighted by Crippen LogP contribution is 2.38. The molecule has 2 aliphatic rings. The first-order valence-corrected chi connectivity index (χ1v) is 15.1. The van der Waals surface area contributed by atoms with Crippen LogP contribution in [0.2, 0.25) is 0 Å². The van der Waals surface area contributed by atoms with Crippen LogP contribution in [0.1, 0.15) is 131 Å². The number of rotatable bonds is 9. The number of benzene rings is 2. The quantitative estimate of drug-likeness (QED) is 0.247. The zero-order chi connectivity index (χ0) is 25.0. The van der Waals surface area contributed by atoms with Gasteiger partial charge < -0.3 is 0 Å². The van der Waals surface area contributed by atoms with Gasteiger partial charge in [0.15, 0.2) is 0 Å². The molecule has 0 heteroatoms. The molecule has 0 aliphatic heterocycles. The number of aryl methyl sites for hydroxylation is 1. The minimum atomic E-state index is 0.689. The van der Waals surface area contributed by atoms with Crippen molar-refractivity contribution >= 4 is 0 Å². The van der Waals surface area contributed by atoms with Crippen molar-refractivity contribution in [2.45, 2.75) is 116 Å². The predicted octanol–water partition coefficient (Wildman–Crippen LogP) is 10.4. The number of unbranched alkanes of at least 4 members (excludes halogenated alkanes) is 2. The van der Waals surface area contributed by atoms with Crippen molar-refractivity contribution in [2.75, 3.05) is 0 Å². The van der Waals surface area contributed by atoms with Crippen LogP contribution >= 0.6 is 0 Å². The second kappa shape index (κ2) is 14.5. The van der Waals surface area contributed by atoms with Crippen LogP contribution in [0.25, 0.3) is 0 Å². The third-order valence-corrected chi connectivity index (χ3v) is 8.87. The van der Waals surface area contributed by atoms with Crippen LogP contribution in [0.4, 0.5) is 0 Å². The molecule has 0 amide bonds. The second-order valence-electron chi connectivity index (χ2n) is 11.6. The fourth-order valence-corrected chi connectivity index (χ4v) is 6.51. The summed E-state index contributed by atoms with van der Waals surface area (Å²) in [6.45, 7) is 4.56. The van der Waals surface area contributed by atoms with E-state index in [0.717, 1.165) is 23.3 Å². The first kappa shape index (κ1) is 26.8. The van der Waals surface area contributed by atoms with Crippen LogP contribution in [0.5, 0.6) is 0 Å². The lowest BCUT2D eigenvalue weighted by atomic mass is 9.77. The third kappa shape index (κ3) is 8.13. The molecule has 0 N–H and O–H groups in total. The van der Waals surface area contributed by atoms with E-state index >= 15 is 0 Å². The normalized spacial score (nSPS) is 24.4. The van der Waals surface area contributed by atoms with Gasteiger partial charge in [0.05, 0.1) is 0 Å². The number of hydrogen-bond acceptors (Lipinski definition) is 0. The van der Waals surface area contributed by atoms with Crippen molar-refractivity contribution in [3.8, 4) is 11.8 Å². The maximum Gasteiger partial charge on any atom is 0.0249 e. The Bertz CT molecular complexity index is 965. The van der Waals surface area contributed by atoms with Crippen LogP contribution in [-0.2, 0) is 6.42 Å². The Kier molecular flexibility index (Phi) is 10.8. The highest BCUT2D eigenvalue weighted by atomic mass is 14.3. The van der Waals surface area contributed by atoms with Gasteiger partial charge in [-0.15, -0.1) is 0 Å². The molecular weight excluding hydrogens is 432 g/mol. The molecule has 2 fully saturated rings. The minimum Gasteiger partial charge on any atom is -0.0730 e. The highest BCUT2D eigenvalue weighted by Gasteiger charge is 2.22. The lowest BCUT2D eigenvalue weighted by molar-refractivity contribution is 0.303. The van der Waals surface area contributed by atoms with Crippen molar-refractivity contribution in [2.24, 2.45) is 11.8 Å². The van der Waals surface area contributed by atoms with E-state index in [0.29, 0.717) is 5.92 Å². The van der Waals surface area contributed by atoms with E-state index in [4.69, 9.17) is 0 Å². The first-order chi connectivity index (χ1) is 17.7. The van der Waals surface area contributed by atoms with Crippen molar-refractivity contribution in [3.63, 3.8) is 0 Å². The van der Waals surface area contributed by atoms with Gasteiger partial charge in [0.1, 0.15) is 0 Å². The Hall–Kier alpha value is -2.26. The van der Waals surface area contributed by atoms with Crippen LogP contribution in [-0.4, -0.2) is 0 Å². The average molecular weight is 481 g/mol. The smallest absolute Gasteiger partial charge is 0.0249 e. The molecule has 0 saturated heterocycles. The van der Waals surface area contributed by atoms with E-state index in [-0.39, 0.29) is 0 Å². The summed E-state index contributed by atoms with van der Waals surface area (Å²) in [5.41, 5.74) is 5.69. The zero-order valence-electron chi connectivity index (χ0n) is 23.0. The summed E-state index contributed by atoms with van der Waals surface area (Å²) in [4.78, 5) is 0. The summed E-state index contributed by atoms with van der Waals surface area (Å²) in [5.74, 6) is 9.85. The molecule has 2 aromatic carbocycles. The monoisotopic (exact) mass is 480 g/mol. The van der Waals surface area contributed by atoms with Crippen molar-refractivity contribution in [1.82, 2.24) is 0 Å². The average Bonchev–Trinajstić information content (AvgIpc) is 2.93. The Balaban J connectivity index is 1.18. The Morgan fingerprint density at radius 2 is 1.31 bits per heavy atom. The summed E-state index contributed by atoms with van der Waals surface area (Å²) in [6, 6.07) is 18.6. The minimum absolute atomic E-state index is 0.689. The van der Waals surface area contributed by atoms with E-state index in [1.54, 1.807) is 5.56 Å². The first-order valence-electron chi connectivity index (χ1n) is 15.1. The molecule has 0 nitrogen and oxygen atoms in total. The number of allylic oxidation sites excluding steroid dienone is 2. The number of hydrogen-bond donors (Lipinski definition) is 0. The summed E-state index contributed by atoms with van der Waals surface area (Å²) in [6.07, 6.45) is 23.3. The molecule has 0 unspecified atom stereocenters. The van der Waals surface area contributed by atoms with Gasteiger partial charge in [0, 0.05) is 5.56 Å². The van der Waals surface area contributed by atoms with Gasteiger partial charge in [0.2, 0.25) is 0 Å². The van der Waals surface area contributed by atoms with Gasteiger partial charge in [-0.25, -0.2) is 0 Å². The molecule has 0 radical (unpaired) electrons. The van der Waals surface area contributed by atoms with Gasteiger partial charge in [-0.1, -0.05) is 100 Å². The molecule has 2 aliphatic carbocycles. The summed E-state index contributed by atoms with van der Waals surface area (Å²) < 4.78 is 0. The van der Waals surface area contributed by atoms with Gasteiger partial charge in [-0.05, 0) is 116 Å². The Morgan fingerprint density at radius 1 is 0.694 bits per heavy atom. The lowest BCUT2D eigenvalue weighted by Crippen LogP contribution is -2.13. The maximum atomic E-state index is 3.36. The molecule has 4 rings (SSSR count). The molecule has 0 atom stereocenters. The van der Waals surface area contributed by atoms with E-state index in [9.17, 15) is 0 Å². The van der Waals surface area contributed by atoms with Gasteiger partial charge in [0.25, 0.3) is 0 Å². The molecular formula is C36H48. The summed E-state index contributed by atoms with van der Waals surface area (Å²) in [7, 11) is 0. The van der Waals surface area contributed by atoms with Gasteiger partial charge in [-0.3, -0.25) is 0 Å². The fraction of sp³-hybridized carbons (Fsp3) is 0.556. The van der Waals surface area contributed by atoms with Crippen LogP contribution < -0.4 is 0 Å². The molecule has 0 spiro atoms. The van der Waals surface area contributed by atoms with Crippen LogP contribution in [0.3, 0.4) is 0 Å². The third-order valence-electron chi connectivity index (χ3n) is 8.87. The largest absolute Gasteiger partial charge is 0.0730 e. The van der Waals surface area contributed by atoms with Crippen LogP contribution in [0, 0.1) is 23.7 Å². The van der Waals surface area contributed by atoms with E-state index in [1.165, 1.54) is 101 Å². The molecule has 36 heavy (non-hydrogen) atoms. The van der Waals surface area contributed by atoms with Crippen molar-refractivity contribution in [1.29, 1.82) is 0 Å². The Morgan fingerprint density at radius 3 is 1.92 bits per heavy atom.